The quantitative estimate of drug-likeness (QED) is 0.736. The number of anilines is 1. The van der Waals surface area contributed by atoms with Crippen molar-refractivity contribution < 1.29 is 0 Å². The highest BCUT2D eigenvalue weighted by molar-refractivity contribution is 5.39. The first-order valence-corrected chi connectivity index (χ1v) is 6.55. The number of hydrogen-bond acceptors (Lipinski definition) is 3. The normalized spacial score (nSPS) is 10.5. The highest BCUT2D eigenvalue weighted by Crippen LogP contribution is 2.12. The van der Waals surface area contributed by atoms with E-state index in [0.717, 1.165) is 18.7 Å². The maximum Gasteiger partial charge on any atom is 0.0726 e. The molecule has 0 aromatic carbocycles. The summed E-state index contributed by atoms with van der Waals surface area (Å²) in [5.41, 5.74) is 3.50. The van der Waals surface area contributed by atoms with Crippen molar-refractivity contribution in [1.82, 2.24) is 15.2 Å². The molecule has 2 rings (SSSR count). The molecule has 0 saturated heterocycles. The third-order valence-corrected chi connectivity index (χ3v) is 2.98. The monoisotopic (exact) mass is 244 g/mol. The fraction of sp³-hybridized carbons (Fsp3) is 0.429. The van der Waals surface area contributed by atoms with E-state index in [1.807, 2.05) is 18.5 Å². The van der Waals surface area contributed by atoms with Gasteiger partial charge >= 0.3 is 0 Å². The van der Waals surface area contributed by atoms with Gasteiger partial charge < -0.3 is 5.32 Å². The van der Waals surface area contributed by atoms with Crippen LogP contribution in [-0.2, 0) is 13.0 Å². The molecule has 0 aliphatic heterocycles. The maximum atomic E-state index is 4.49. The van der Waals surface area contributed by atoms with Gasteiger partial charge in [0.1, 0.15) is 0 Å². The minimum atomic E-state index is 0.800. The lowest BCUT2D eigenvalue weighted by atomic mass is 10.1. The zero-order valence-corrected chi connectivity index (χ0v) is 10.8. The largest absolute Gasteiger partial charge is 0.378 e. The van der Waals surface area contributed by atoms with Gasteiger partial charge in [-0.3, -0.25) is 10.1 Å². The predicted molar refractivity (Wildman–Crippen MR) is 73.4 cm³/mol. The number of rotatable bonds is 7. The average molecular weight is 244 g/mol. The number of aryl methyl sites for hydroxylation is 1. The fourth-order valence-electron chi connectivity index (χ4n) is 1.94. The number of nitrogens with zero attached hydrogens (tertiary/aromatic N) is 2. The van der Waals surface area contributed by atoms with E-state index >= 15 is 0 Å². The summed E-state index contributed by atoms with van der Waals surface area (Å²) in [5.74, 6) is 0. The Labute approximate surface area is 108 Å². The first-order chi connectivity index (χ1) is 8.90. The molecule has 0 aliphatic carbocycles. The molecule has 0 bridgehead atoms. The van der Waals surface area contributed by atoms with E-state index in [1.165, 1.54) is 30.5 Å². The number of pyridine rings is 1. The topological polar surface area (TPSA) is 53.6 Å². The van der Waals surface area contributed by atoms with E-state index in [1.54, 1.807) is 6.20 Å². The minimum absolute atomic E-state index is 0.800. The smallest absolute Gasteiger partial charge is 0.0726 e. The number of nitrogens with one attached hydrogen (secondary N) is 2. The Balaban J connectivity index is 1.94. The van der Waals surface area contributed by atoms with E-state index in [9.17, 15) is 0 Å². The van der Waals surface area contributed by atoms with Gasteiger partial charge in [-0.05, 0) is 24.5 Å². The lowest BCUT2D eigenvalue weighted by Crippen LogP contribution is -2.04. The van der Waals surface area contributed by atoms with E-state index in [4.69, 9.17) is 0 Å². The third-order valence-electron chi connectivity index (χ3n) is 2.98. The van der Waals surface area contributed by atoms with E-state index in [-0.39, 0.29) is 0 Å². The molecule has 0 aliphatic rings. The van der Waals surface area contributed by atoms with Crippen molar-refractivity contribution in [2.24, 2.45) is 0 Å². The van der Waals surface area contributed by atoms with Gasteiger partial charge in [0, 0.05) is 24.6 Å². The molecular weight excluding hydrogens is 224 g/mol. The molecule has 96 valence electrons. The van der Waals surface area contributed by atoms with Gasteiger partial charge in [0.05, 0.1) is 11.9 Å². The van der Waals surface area contributed by atoms with Crippen LogP contribution in [0.4, 0.5) is 5.69 Å². The summed E-state index contributed by atoms with van der Waals surface area (Å²) in [6.45, 7) is 3.02. The standard InChI is InChI=1S/C14H20N4/c1-2-3-4-7-14-12(6-5-8-15-14)9-16-13-10-17-18-11-13/h5-6,8,10-11,16H,2-4,7,9H2,1H3,(H,17,18). The van der Waals surface area contributed by atoms with E-state index in [0.29, 0.717) is 0 Å². The number of aromatic nitrogens is 3. The molecule has 0 unspecified atom stereocenters. The summed E-state index contributed by atoms with van der Waals surface area (Å²) in [6, 6.07) is 4.14. The van der Waals surface area contributed by atoms with Gasteiger partial charge in [0.25, 0.3) is 0 Å². The van der Waals surface area contributed by atoms with Crippen LogP contribution in [0, 0.1) is 0 Å². The first-order valence-electron chi connectivity index (χ1n) is 6.55. The minimum Gasteiger partial charge on any atom is -0.378 e. The van der Waals surface area contributed by atoms with Crippen molar-refractivity contribution in [3.05, 3.63) is 42.0 Å². The van der Waals surface area contributed by atoms with Crippen LogP contribution >= 0.6 is 0 Å². The van der Waals surface area contributed by atoms with Crippen LogP contribution in [0.1, 0.15) is 37.4 Å². The van der Waals surface area contributed by atoms with Crippen LogP contribution < -0.4 is 5.32 Å². The molecule has 2 aromatic rings. The van der Waals surface area contributed by atoms with Crippen molar-refractivity contribution in [2.45, 2.75) is 39.2 Å². The molecule has 4 heteroatoms. The van der Waals surface area contributed by atoms with Gasteiger partial charge in [-0.15, -0.1) is 0 Å². The zero-order chi connectivity index (χ0) is 12.6. The van der Waals surface area contributed by atoms with Crippen molar-refractivity contribution in [3.8, 4) is 0 Å². The second kappa shape index (κ2) is 6.79. The molecule has 0 radical (unpaired) electrons. The van der Waals surface area contributed by atoms with Crippen molar-refractivity contribution in [1.29, 1.82) is 0 Å². The molecule has 0 amide bonds. The zero-order valence-electron chi connectivity index (χ0n) is 10.8. The number of hydrogen-bond donors (Lipinski definition) is 2. The molecule has 18 heavy (non-hydrogen) atoms. The fourth-order valence-corrected chi connectivity index (χ4v) is 1.94. The first kappa shape index (κ1) is 12.6. The molecular formula is C14H20N4. The molecule has 0 saturated carbocycles. The molecule has 0 atom stereocenters. The Hall–Kier alpha value is -1.84. The molecule has 4 nitrogen and oxygen atoms in total. The summed E-state index contributed by atoms with van der Waals surface area (Å²) in [4.78, 5) is 4.49. The van der Waals surface area contributed by atoms with Gasteiger partial charge in [-0.2, -0.15) is 5.10 Å². The Morgan fingerprint density at radius 1 is 1.33 bits per heavy atom. The van der Waals surface area contributed by atoms with Crippen LogP contribution in [0.25, 0.3) is 0 Å². The Bertz CT molecular complexity index is 451. The van der Waals surface area contributed by atoms with Crippen molar-refractivity contribution in [3.63, 3.8) is 0 Å². The van der Waals surface area contributed by atoms with Gasteiger partial charge in [-0.1, -0.05) is 25.8 Å². The molecule has 0 spiro atoms. The molecule has 2 N–H and O–H groups in total. The molecule has 2 aromatic heterocycles. The Kier molecular flexibility index (Phi) is 4.76. The van der Waals surface area contributed by atoms with Crippen molar-refractivity contribution in [2.75, 3.05) is 5.32 Å². The highest BCUT2D eigenvalue weighted by atomic mass is 15.1. The summed E-state index contributed by atoms with van der Waals surface area (Å²) in [5, 5.41) is 10.0. The Morgan fingerprint density at radius 3 is 3.06 bits per heavy atom. The van der Waals surface area contributed by atoms with Gasteiger partial charge in [-0.25, -0.2) is 0 Å². The number of aromatic amines is 1. The van der Waals surface area contributed by atoms with Gasteiger partial charge in [0.2, 0.25) is 0 Å². The summed E-state index contributed by atoms with van der Waals surface area (Å²) in [6.07, 6.45) is 10.3. The predicted octanol–water partition coefficient (Wildman–Crippen LogP) is 3.15. The maximum absolute atomic E-state index is 4.49. The summed E-state index contributed by atoms with van der Waals surface area (Å²) < 4.78 is 0. The third kappa shape index (κ3) is 3.58. The Morgan fingerprint density at radius 2 is 2.28 bits per heavy atom. The number of unbranched alkanes of at least 4 members (excludes halogenated alkanes) is 2. The second-order valence-corrected chi connectivity index (χ2v) is 4.41. The van der Waals surface area contributed by atoms with Crippen LogP contribution in [0.15, 0.2) is 30.7 Å². The highest BCUT2D eigenvalue weighted by Gasteiger charge is 2.03. The molecule has 0 fully saturated rings. The lowest BCUT2D eigenvalue weighted by Gasteiger charge is -2.09. The van der Waals surface area contributed by atoms with E-state index < -0.39 is 0 Å². The van der Waals surface area contributed by atoms with Crippen LogP contribution in [0.3, 0.4) is 0 Å². The van der Waals surface area contributed by atoms with Crippen LogP contribution in [-0.4, -0.2) is 15.2 Å². The molecule has 2 heterocycles. The van der Waals surface area contributed by atoms with Crippen LogP contribution in [0.5, 0.6) is 0 Å². The average Bonchev–Trinajstić information content (AvgIpc) is 2.91. The number of H-pyrrole nitrogens is 1. The lowest BCUT2D eigenvalue weighted by molar-refractivity contribution is 0.702. The van der Waals surface area contributed by atoms with Crippen molar-refractivity contribution >= 4 is 5.69 Å². The van der Waals surface area contributed by atoms with E-state index in [2.05, 4.69) is 33.5 Å². The SMILES string of the molecule is CCCCCc1ncccc1CNc1cn[nH]c1. The van der Waals surface area contributed by atoms with Gasteiger partial charge in [0.15, 0.2) is 0 Å². The second-order valence-electron chi connectivity index (χ2n) is 4.41. The van der Waals surface area contributed by atoms with Crippen LogP contribution in [0.2, 0.25) is 0 Å². The summed E-state index contributed by atoms with van der Waals surface area (Å²) in [7, 11) is 0. The summed E-state index contributed by atoms with van der Waals surface area (Å²) >= 11 is 0.